The van der Waals surface area contributed by atoms with Gasteiger partial charge in [-0.05, 0) is 23.3 Å². The van der Waals surface area contributed by atoms with Crippen LogP contribution in [0.1, 0.15) is 45.2 Å². The highest BCUT2D eigenvalue weighted by Gasteiger charge is 2.54. The van der Waals surface area contributed by atoms with E-state index in [0.29, 0.717) is 0 Å². The number of rotatable bonds is 12. The number of nitrogens with zero attached hydrogens (tertiary/aromatic N) is 1. The predicted octanol–water partition coefficient (Wildman–Crippen LogP) is 3.87. The van der Waals surface area contributed by atoms with E-state index in [-0.39, 0.29) is 37.4 Å². The normalized spacial score (nSPS) is 24.1. The van der Waals surface area contributed by atoms with Gasteiger partial charge in [0.2, 0.25) is 0 Å². The average molecular weight is 592 g/mol. The lowest BCUT2D eigenvalue weighted by atomic mass is 9.88. The molecule has 43 heavy (non-hydrogen) atoms. The lowest BCUT2D eigenvalue weighted by Crippen LogP contribution is -2.66. The summed E-state index contributed by atoms with van der Waals surface area (Å²) in [6.07, 6.45) is -5.89. The van der Waals surface area contributed by atoms with E-state index in [1.807, 2.05) is 60.7 Å². The number of fused-ring (bicyclic) bond motifs is 1. The molecule has 1 N–H and O–H groups in total. The van der Waals surface area contributed by atoms with Gasteiger partial charge in [0, 0.05) is 13.3 Å². The maximum atomic E-state index is 14.1. The SMILES string of the molecule is CC(=O)OC(CF)C[C@@H]1O[C@H](COCc2ccccc2)[C@@H](O)[C@H](OCc2ccccc2)[C@H]1N1C(=O)c2ccccc2C1=O. The van der Waals surface area contributed by atoms with Crippen LogP contribution in [-0.4, -0.2) is 77.6 Å². The highest BCUT2D eigenvalue weighted by molar-refractivity contribution is 6.21. The third kappa shape index (κ3) is 7.00. The zero-order valence-corrected chi connectivity index (χ0v) is 23.7. The van der Waals surface area contributed by atoms with E-state index in [4.69, 9.17) is 18.9 Å². The van der Waals surface area contributed by atoms with Crippen molar-refractivity contribution in [3.8, 4) is 0 Å². The van der Waals surface area contributed by atoms with Crippen molar-refractivity contribution in [3.63, 3.8) is 0 Å². The molecule has 6 atom stereocenters. The van der Waals surface area contributed by atoms with Gasteiger partial charge in [-0.15, -0.1) is 0 Å². The highest BCUT2D eigenvalue weighted by Crippen LogP contribution is 2.36. The van der Waals surface area contributed by atoms with E-state index in [1.165, 1.54) is 6.92 Å². The van der Waals surface area contributed by atoms with Crippen molar-refractivity contribution in [1.82, 2.24) is 4.90 Å². The largest absolute Gasteiger partial charge is 0.460 e. The van der Waals surface area contributed by atoms with Crippen LogP contribution in [0.5, 0.6) is 0 Å². The Hall–Kier alpha value is -3.96. The molecule has 0 aromatic heterocycles. The molecular formula is C33H34FNO8. The molecule has 226 valence electrons. The number of hydrogen-bond acceptors (Lipinski definition) is 8. The van der Waals surface area contributed by atoms with E-state index in [1.54, 1.807) is 24.3 Å². The zero-order chi connectivity index (χ0) is 30.3. The number of alkyl halides is 1. The summed E-state index contributed by atoms with van der Waals surface area (Å²) in [5, 5.41) is 11.6. The number of esters is 1. The number of carbonyl (C=O) groups is 3. The van der Waals surface area contributed by atoms with Crippen LogP contribution in [0.4, 0.5) is 4.39 Å². The van der Waals surface area contributed by atoms with Gasteiger partial charge in [0.1, 0.15) is 31.1 Å². The van der Waals surface area contributed by atoms with E-state index in [2.05, 4.69) is 0 Å². The Labute approximate surface area is 249 Å². The molecule has 0 spiro atoms. The predicted molar refractivity (Wildman–Crippen MR) is 153 cm³/mol. The van der Waals surface area contributed by atoms with Crippen LogP contribution in [0.2, 0.25) is 0 Å². The van der Waals surface area contributed by atoms with Gasteiger partial charge in [-0.1, -0.05) is 72.8 Å². The number of aliphatic hydroxyl groups excluding tert-OH is 1. The van der Waals surface area contributed by atoms with Gasteiger partial charge in [-0.2, -0.15) is 0 Å². The third-order valence-electron chi connectivity index (χ3n) is 7.59. The first-order chi connectivity index (χ1) is 20.9. The first-order valence-corrected chi connectivity index (χ1v) is 14.2. The average Bonchev–Trinajstić information content (AvgIpc) is 3.27. The summed E-state index contributed by atoms with van der Waals surface area (Å²) < 4.78 is 37.7. The number of carbonyl (C=O) groups excluding carboxylic acids is 3. The first-order valence-electron chi connectivity index (χ1n) is 14.2. The smallest absolute Gasteiger partial charge is 0.302 e. The highest BCUT2D eigenvalue weighted by atomic mass is 19.1. The molecule has 9 nitrogen and oxygen atoms in total. The van der Waals surface area contributed by atoms with Crippen LogP contribution in [0.3, 0.4) is 0 Å². The first kappa shape index (κ1) is 30.5. The van der Waals surface area contributed by atoms with Gasteiger partial charge in [0.25, 0.3) is 11.8 Å². The Balaban J connectivity index is 1.47. The van der Waals surface area contributed by atoms with Crippen molar-refractivity contribution in [1.29, 1.82) is 0 Å². The number of ether oxygens (including phenoxy) is 4. The van der Waals surface area contributed by atoms with Gasteiger partial charge in [-0.3, -0.25) is 19.3 Å². The van der Waals surface area contributed by atoms with Crippen molar-refractivity contribution < 1.29 is 42.8 Å². The lowest BCUT2D eigenvalue weighted by molar-refractivity contribution is -0.230. The van der Waals surface area contributed by atoms with Gasteiger partial charge in [0.05, 0.1) is 43.1 Å². The number of imide groups is 1. The molecule has 2 amide bonds. The monoisotopic (exact) mass is 591 g/mol. The van der Waals surface area contributed by atoms with Crippen molar-refractivity contribution in [2.75, 3.05) is 13.3 Å². The molecule has 2 aliphatic heterocycles. The van der Waals surface area contributed by atoms with Gasteiger partial charge >= 0.3 is 5.97 Å². The van der Waals surface area contributed by atoms with Gasteiger partial charge in [-0.25, -0.2) is 4.39 Å². The van der Waals surface area contributed by atoms with Gasteiger partial charge < -0.3 is 24.1 Å². The van der Waals surface area contributed by atoms with E-state index in [0.717, 1.165) is 16.0 Å². The van der Waals surface area contributed by atoms with E-state index in [9.17, 15) is 23.9 Å². The fourth-order valence-corrected chi connectivity index (χ4v) is 5.60. The Morgan fingerprint density at radius 3 is 2.00 bits per heavy atom. The van der Waals surface area contributed by atoms with Gasteiger partial charge in [0.15, 0.2) is 0 Å². The van der Waals surface area contributed by atoms with E-state index >= 15 is 0 Å². The summed E-state index contributed by atoms with van der Waals surface area (Å²) in [5.74, 6) is -1.85. The van der Waals surface area contributed by atoms with Crippen molar-refractivity contribution in [3.05, 3.63) is 107 Å². The molecule has 1 saturated heterocycles. The quantitative estimate of drug-likeness (QED) is 0.250. The Bertz CT molecular complexity index is 1370. The zero-order valence-electron chi connectivity index (χ0n) is 23.7. The number of hydrogen-bond donors (Lipinski definition) is 1. The molecule has 2 heterocycles. The molecular weight excluding hydrogens is 557 g/mol. The molecule has 1 unspecified atom stereocenters. The topological polar surface area (TPSA) is 112 Å². The number of amides is 2. The van der Waals surface area contributed by atoms with Crippen LogP contribution < -0.4 is 0 Å². The summed E-state index contributed by atoms with van der Waals surface area (Å²) in [5.41, 5.74) is 2.13. The summed E-state index contributed by atoms with van der Waals surface area (Å²) in [4.78, 5) is 40.1. The summed E-state index contributed by atoms with van der Waals surface area (Å²) >= 11 is 0. The molecule has 2 aliphatic rings. The second kappa shape index (κ2) is 14.0. The lowest BCUT2D eigenvalue weighted by Gasteiger charge is -2.47. The fraction of sp³-hybridized carbons (Fsp3) is 0.364. The fourth-order valence-electron chi connectivity index (χ4n) is 5.60. The molecule has 0 radical (unpaired) electrons. The maximum Gasteiger partial charge on any atom is 0.302 e. The van der Waals surface area contributed by atoms with Crippen molar-refractivity contribution in [2.45, 2.75) is 63.1 Å². The number of benzene rings is 3. The summed E-state index contributed by atoms with van der Waals surface area (Å²) in [6.45, 7) is 0.406. The second-order valence-corrected chi connectivity index (χ2v) is 10.6. The standard InChI is InChI=1S/C33H34FNO8/c1-21(36)42-24(17-34)16-27-29(35-32(38)25-14-8-9-15-26(25)33(35)39)31(41-19-23-12-6-3-7-13-23)30(37)28(43-27)20-40-18-22-10-4-2-5-11-22/h2-15,24,27-31,37H,16-20H2,1H3/t24?,27-,28+,29-,30+,31+/m0/s1. The number of halogens is 1. The molecule has 5 rings (SSSR count). The molecule has 1 fully saturated rings. The molecule has 3 aromatic carbocycles. The van der Waals surface area contributed by atoms with Crippen molar-refractivity contribution >= 4 is 17.8 Å². The Kier molecular flexibility index (Phi) is 9.93. The Morgan fingerprint density at radius 1 is 0.884 bits per heavy atom. The Morgan fingerprint density at radius 2 is 1.44 bits per heavy atom. The minimum Gasteiger partial charge on any atom is -0.460 e. The third-order valence-corrected chi connectivity index (χ3v) is 7.59. The van der Waals surface area contributed by atoms with Crippen molar-refractivity contribution in [2.24, 2.45) is 0 Å². The molecule has 0 aliphatic carbocycles. The molecule has 10 heteroatoms. The molecule has 0 bridgehead atoms. The summed E-state index contributed by atoms with van der Waals surface area (Å²) in [6, 6.07) is 23.9. The van der Waals surface area contributed by atoms with E-state index < -0.39 is 61.0 Å². The second-order valence-electron chi connectivity index (χ2n) is 10.6. The minimum absolute atomic E-state index is 0.0551. The molecule has 3 aromatic rings. The maximum absolute atomic E-state index is 14.1. The van der Waals surface area contributed by atoms with Crippen LogP contribution in [0, 0.1) is 0 Å². The minimum atomic E-state index is -1.33. The number of aliphatic hydroxyl groups is 1. The van der Waals surface area contributed by atoms with Crippen LogP contribution in [-0.2, 0) is 37.0 Å². The summed E-state index contributed by atoms with van der Waals surface area (Å²) in [7, 11) is 0. The van der Waals surface area contributed by atoms with Crippen LogP contribution >= 0.6 is 0 Å². The molecule has 0 saturated carbocycles. The van der Waals surface area contributed by atoms with Crippen LogP contribution in [0.25, 0.3) is 0 Å². The van der Waals surface area contributed by atoms with Crippen LogP contribution in [0.15, 0.2) is 84.9 Å².